The van der Waals surface area contributed by atoms with Crippen molar-refractivity contribution >= 4 is 23.1 Å². The molecule has 2 rings (SSSR count). The Balaban J connectivity index is 0.000000720. The SMILES string of the molecule is C.Cc1nc(C)c(CC2CS2)s1. The number of aryl methyl sites for hydroxylation is 2. The maximum absolute atomic E-state index is 4.40. The Labute approximate surface area is 82.6 Å². The molecule has 1 unspecified atom stereocenters. The highest BCUT2D eigenvalue weighted by Gasteiger charge is 2.24. The van der Waals surface area contributed by atoms with Gasteiger partial charge in [-0.1, -0.05) is 7.43 Å². The van der Waals surface area contributed by atoms with Crippen molar-refractivity contribution in [3.63, 3.8) is 0 Å². The molecule has 0 spiro atoms. The molecule has 1 aliphatic rings. The topological polar surface area (TPSA) is 12.9 Å². The molecule has 0 N–H and O–H groups in total. The third-order valence-electron chi connectivity index (χ3n) is 1.82. The summed E-state index contributed by atoms with van der Waals surface area (Å²) in [4.78, 5) is 5.90. The number of hydrogen-bond donors (Lipinski definition) is 0. The molecule has 0 aliphatic carbocycles. The van der Waals surface area contributed by atoms with E-state index >= 15 is 0 Å². The average molecular weight is 201 g/mol. The minimum atomic E-state index is 0. The van der Waals surface area contributed by atoms with E-state index in [2.05, 4.69) is 30.6 Å². The molecule has 68 valence electrons. The van der Waals surface area contributed by atoms with E-state index in [4.69, 9.17) is 0 Å². The Morgan fingerprint density at radius 1 is 1.50 bits per heavy atom. The van der Waals surface area contributed by atoms with Crippen LogP contribution < -0.4 is 0 Å². The Morgan fingerprint density at radius 3 is 2.58 bits per heavy atom. The van der Waals surface area contributed by atoms with Gasteiger partial charge in [0.2, 0.25) is 0 Å². The van der Waals surface area contributed by atoms with Gasteiger partial charge in [0, 0.05) is 15.9 Å². The number of thioether (sulfide) groups is 1. The van der Waals surface area contributed by atoms with Gasteiger partial charge in [-0.05, 0) is 20.3 Å². The second-order valence-corrected chi connectivity index (χ2v) is 5.52. The fraction of sp³-hybridized carbons (Fsp3) is 0.667. The zero-order valence-corrected chi connectivity index (χ0v) is 8.39. The van der Waals surface area contributed by atoms with E-state index in [1.165, 1.54) is 27.8 Å². The molecule has 1 aliphatic heterocycles. The third kappa shape index (κ3) is 2.23. The van der Waals surface area contributed by atoms with Crippen LogP contribution in [0, 0.1) is 13.8 Å². The fourth-order valence-corrected chi connectivity index (χ4v) is 2.82. The predicted octanol–water partition coefficient (Wildman–Crippen LogP) is 3.05. The van der Waals surface area contributed by atoms with E-state index in [0.29, 0.717) is 0 Å². The lowest BCUT2D eigenvalue weighted by molar-refractivity contribution is 1.02. The van der Waals surface area contributed by atoms with E-state index in [1.54, 1.807) is 0 Å². The lowest BCUT2D eigenvalue weighted by Crippen LogP contribution is -1.90. The number of nitrogens with zero attached hydrogens (tertiary/aromatic N) is 1. The van der Waals surface area contributed by atoms with E-state index in [9.17, 15) is 0 Å². The first-order valence-electron chi connectivity index (χ1n) is 3.80. The molecule has 0 aromatic carbocycles. The minimum Gasteiger partial charge on any atom is -0.247 e. The molecule has 0 amide bonds. The van der Waals surface area contributed by atoms with Gasteiger partial charge in [-0.2, -0.15) is 11.8 Å². The molecule has 1 nitrogen and oxygen atoms in total. The van der Waals surface area contributed by atoms with Crippen LogP contribution >= 0.6 is 23.1 Å². The molecule has 12 heavy (non-hydrogen) atoms. The van der Waals surface area contributed by atoms with E-state index in [0.717, 1.165) is 5.25 Å². The van der Waals surface area contributed by atoms with E-state index in [-0.39, 0.29) is 7.43 Å². The molecule has 3 heteroatoms. The Bertz CT molecular complexity index is 263. The van der Waals surface area contributed by atoms with E-state index < -0.39 is 0 Å². The summed E-state index contributed by atoms with van der Waals surface area (Å²) in [5, 5.41) is 2.12. The molecular formula is C9H15NS2. The van der Waals surface area contributed by atoms with Gasteiger partial charge >= 0.3 is 0 Å². The summed E-state index contributed by atoms with van der Waals surface area (Å²) in [6.45, 7) is 4.20. The van der Waals surface area contributed by atoms with Crippen molar-refractivity contribution in [2.24, 2.45) is 0 Å². The van der Waals surface area contributed by atoms with Crippen LogP contribution in [0.2, 0.25) is 0 Å². The molecule has 0 saturated carbocycles. The van der Waals surface area contributed by atoms with Crippen molar-refractivity contribution in [2.75, 3.05) is 5.75 Å². The summed E-state index contributed by atoms with van der Waals surface area (Å²) in [6, 6.07) is 0. The standard InChI is InChI=1S/C8H11NS2.CH4/c1-5-8(3-7-4-10-7)11-6(2)9-5;/h7H,3-4H2,1-2H3;1H4. The summed E-state index contributed by atoms with van der Waals surface area (Å²) in [7, 11) is 0. The van der Waals surface area contributed by atoms with Crippen LogP contribution in [0.1, 0.15) is 23.0 Å². The molecule has 1 fully saturated rings. The van der Waals surface area contributed by atoms with Gasteiger partial charge in [0.05, 0.1) is 10.7 Å². The van der Waals surface area contributed by atoms with Crippen molar-refractivity contribution < 1.29 is 0 Å². The van der Waals surface area contributed by atoms with Gasteiger partial charge < -0.3 is 0 Å². The van der Waals surface area contributed by atoms with Crippen LogP contribution in [0.15, 0.2) is 0 Å². The largest absolute Gasteiger partial charge is 0.247 e. The van der Waals surface area contributed by atoms with Crippen molar-refractivity contribution in [3.8, 4) is 0 Å². The smallest absolute Gasteiger partial charge is 0.0900 e. The van der Waals surface area contributed by atoms with Crippen molar-refractivity contribution in [1.29, 1.82) is 0 Å². The highest BCUT2D eigenvalue weighted by molar-refractivity contribution is 8.06. The van der Waals surface area contributed by atoms with Gasteiger partial charge in [0.1, 0.15) is 0 Å². The van der Waals surface area contributed by atoms with Gasteiger partial charge in [-0.15, -0.1) is 11.3 Å². The quantitative estimate of drug-likeness (QED) is 0.682. The van der Waals surface area contributed by atoms with Crippen LogP contribution in [-0.2, 0) is 6.42 Å². The first-order valence-corrected chi connectivity index (χ1v) is 5.67. The van der Waals surface area contributed by atoms with Crippen molar-refractivity contribution in [3.05, 3.63) is 15.6 Å². The molecule has 1 aromatic heterocycles. The Hall–Kier alpha value is -0.0200. The first kappa shape index (κ1) is 10.1. The number of aromatic nitrogens is 1. The molecular weight excluding hydrogens is 186 g/mol. The van der Waals surface area contributed by atoms with E-state index in [1.807, 2.05) is 11.3 Å². The summed E-state index contributed by atoms with van der Waals surface area (Å²) in [5.41, 5.74) is 1.25. The highest BCUT2D eigenvalue weighted by atomic mass is 32.2. The highest BCUT2D eigenvalue weighted by Crippen LogP contribution is 2.35. The molecule has 0 bridgehead atoms. The lowest BCUT2D eigenvalue weighted by Gasteiger charge is -1.91. The van der Waals surface area contributed by atoms with Crippen LogP contribution in [0.4, 0.5) is 0 Å². The Morgan fingerprint density at radius 2 is 2.17 bits per heavy atom. The zero-order valence-electron chi connectivity index (χ0n) is 6.76. The van der Waals surface area contributed by atoms with Gasteiger partial charge in [-0.25, -0.2) is 4.98 Å². The van der Waals surface area contributed by atoms with Gasteiger partial charge in [0.15, 0.2) is 0 Å². The van der Waals surface area contributed by atoms with Gasteiger partial charge in [-0.3, -0.25) is 0 Å². The van der Waals surface area contributed by atoms with Crippen molar-refractivity contribution in [1.82, 2.24) is 4.98 Å². The number of hydrogen-bond acceptors (Lipinski definition) is 3. The molecule has 1 saturated heterocycles. The summed E-state index contributed by atoms with van der Waals surface area (Å²) in [5.74, 6) is 1.36. The normalized spacial score (nSPS) is 20.3. The second kappa shape index (κ2) is 3.79. The van der Waals surface area contributed by atoms with Crippen molar-refractivity contribution in [2.45, 2.75) is 32.9 Å². The summed E-state index contributed by atoms with van der Waals surface area (Å²) in [6.07, 6.45) is 1.25. The molecule has 1 aromatic rings. The number of rotatable bonds is 2. The molecule has 0 radical (unpaired) electrons. The predicted molar refractivity (Wildman–Crippen MR) is 58.3 cm³/mol. The summed E-state index contributed by atoms with van der Waals surface area (Å²) >= 11 is 3.92. The van der Waals surface area contributed by atoms with Crippen LogP contribution in [0.25, 0.3) is 0 Å². The minimum absolute atomic E-state index is 0. The Kier molecular flexibility index (Phi) is 3.18. The maximum atomic E-state index is 4.40. The monoisotopic (exact) mass is 201 g/mol. The molecule has 2 heterocycles. The first-order chi connectivity index (χ1) is 5.25. The van der Waals surface area contributed by atoms with Crippen LogP contribution in [0.5, 0.6) is 0 Å². The number of thiazole rings is 1. The molecule has 1 atom stereocenters. The second-order valence-electron chi connectivity index (χ2n) is 2.90. The third-order valence-corrected chi connectivity index (χ3v) is 3.88. The maximum Gasteiger partial charge on any atom is 0.0900 e. The van der Waals surface area contributed by atoms with Crippen LogP contribution in [-0.4, -0.2) is 16.0 Å². The van der Waals surface area contributed by atoms with Crippen LogP contribution in [0.3, 0.4) is 0 Å². The fourth-order valence-electron chi connectivity index (χ4n) is 1.16. The van der Waals surface area contributed by atoms with Gasteiger partial charge in [0.25, 0.3) is 0 Å². The lowest BCUT2D eigenvalue weighted by atomic mass is 10.2. The average Bonchev–Trinajstić information content (AvgIpc) is 2.64. The zero-order chi connectivity index (χ0) is 7.84. The summed E-state index contributed by atoms with van der Waals surface area (Å²) < 4.78 is 0.